The Morgan fingerprint density at radius 1 is 0.303 bits per heavy atom. The van der Waals surface area contributed by atoms with Gasteiger partial charge in [0, 0.05) is 33.5 Å². The molecule has 0 spiro atoms. The second-order valence-corrected chi connectivity index (χ2v) is 30.5. The fourth-order valence-corrected chi connectivity index (χ4v) is 13.7. The predicted octanol–water partition coefficient (Wildman–Crippen LogP) is 17.2. The fourth-order valence-electron chi connectivity index (χ4n) is 10.4. The molecular formula is C62H60N2Si2. The Morgan fingerprint density at radius 2 is 0.652 bits per heavy atom. The van der Waals surface area contributed by atoms with E-state index >= 15 is 0 Å². The van der Waals surface area contributed by atoms with Crippen molar-refractivity contribution in [3.8, 4) is 22.3 Å². The molecule has 326 valence electrons. The smallest absolute Gasteiger partial charge is 0.0784 e. The second-order valence-electron chi connectivity index (χ2n) is 20.4. The van der Waals surface area contributed by atoms with Gasteiger partial charge in [0.15, 0.2) is 0 Å². The fraction of sp³-hybridized carbons (Fsp3) is 0.161. The van der Waals surface area contributed by atoms with Crippen LogP contribution in [-0.2, 0) is 0 Å². The average molecular weight is 889 g/mol. The van der Waals surface area contributed by atoms with Gasteiger partial charge in [0.25, 0.3) is 0 Å². The first kappa shape index (κ1) is 43.2. The van der Waals surface area contributed by atoms with Crippen LogP contribution in [0, 0.1) is 27.7 Å². The first-order chi connectivity index (χ1) is 31.7. The van der Waals surface area contributed by atoms with Crippen molar-refractivity contribution in [2.45, 2.75) is 67.0 Å². The zero-order chi connectivity index (χ0) is 46.1. The van der Waals surface area contributed by atoms with Gasteiger partial charge >= 0.3 is 0 Å². The van der Waals surface area contributed by atoms with Crippen LogP contribution in [0.4, 0.5) is 34.1 Å². The summed E-state index contributed by atoms with van der Waals surface area (Å²) in [6, 6.07) is 68.6. The second kappa shape index (κ2) is 16.6. The van der Waals surface area contributed by atoms with E-state index in [4.69, 9.17) is 0 Å². The molecule has 0 amide bonds. The van der Waals surface area contributed by atoms with Gasteiger partial charge in [-0.1, -0.05) is 195 Å². The molecule has 0 heterocycles. The normalized spacial score (nSPS) is 12.1. The summed E-state index contributed by atoms with van der Waals surface area (Å²) in [4.78, 5) is 5.10. The highest BCUT2D eigenvalue weighted by molar-refractivity contribution is 6.90. The minimum absolute atomic E-state index is 1.18. The first-order valence-electron chi connectivity index (χ1n) is 23.5. The molecule has 2 nitrogen and oxygen atoms in total. The molecule has 0 aliphatic heterocycles. The molecule has 0 saturated heterocycles. The summed E-state index contributed by atoms with van der Waals surface area (Å²) < 4.78 is 0. The van der Waals surface area contributed by atoms with E-state index in [1.807, 2.05) is 0 Å². The van der Waals surface area contributed by atoms with Gasteiger partial charge in [-0.25, -0.2) is 0 Å². The number of hydrogen-bond acceptors (Lipinski definition) is 2. The Labute approximate surface area is 394 Å². The highest BCUT2D eigenvalue weighted by Crippen LogP contribution is 2.50. The van der Waals surface area contributed by atoms with Crippen molar-refractivity contribution in [1.29, 1.82) is 0 Å². The van der Waals surface area contributed by atoms with Crippen molar-refractivity contribution in [2.24, 2.45) is 0 Å². The van der Waals surface area contributed by atoms with Crippen LogP contribution in [0.5, 0.6) is 0 Å². The van der Waals surface area contributed by atoms with Crippen LogP contribution in [0.25, 0.3) is 54.6 Å². The Morgan fingerprint density at radius 3 is 1.02 bits per heavy atom. The minimum atomic E-state index is -1.73. The average Bonchev–Trinajstić information content (AvgIpc) is 3.31. The summed E-state index contributed by atoms with van der Waals surface area (Å²) in [7, 11) is -3.46. The third-order valence-electron chi connectivity index (χ3n) is 13.8. The first-order valence-corrected chi connectivity index (χ1v) is 30.5. The van der Waals surface area contributed by atoms with E-state index in [0.29, 0.717) is 0 Å². The van der Waals surface area contributed by atoms with Gasteiger partial charge in [-0.2, -0.15) is 0 Å². The van der Waals surface area contributed by atoms with Gasteiger partial charge < -0.3 is 9.80 Å². The Hall–Kier alpha value is -6.73. The van der Waals surface area contributed by atoms with E-state index in [1.54, 1.807) is 0 Å². The number of nitrogens with zero attached hydrogens (tertiary/aromatic N) is 2. The van der Waals surface area contributed by atoms with Crippen molar-refractivity contribution in [3.05, 3.63) is 204 Å². The Kier molecular flexibility index (Phi) is 10.9. The van der Waals surface area contributed by atoms with Crippen LogP contribution in [-0.4, -0.2) is 16.1 Å². The van der Waals surface area contributed by atoms with Crippen LogP contribution < -0.4 is 20.2 Å². The number of anilines is 6. The van der Waals surface area contributed by atoms with E-state index in [0.717, 1.165) is 0 Å². The van der Waals surface area contributed by atoms with Crippen LogP contribution in [0.15, 0.2) is 182 Å². The molecule has 66 heavy (non-hydrogen) atoms. The summed E-state index contributed by atoms with van der Waals surface area (Å²) in [6.07, 6.45) is 0. The van der Waals surface area contributed by atoms with Gasteiger partial charge in [0.05, 0.1) is 27.5 Å². The van der Waals surface area contributed by atoms with Crippen molar-refractivity contribution in [3.63, 3.8) is 0 Å². The summed E-state index contributed by atoms with van der Waals surface area (Å²) in [5.41, 5.74) is 17.4. The zero-order valence-corrected chi connectivity index (χ0v) is 42.2. The molecular weight excluding hydrogens is 829 g/mol. The summed E-state index contributed by atoms with van der Waals surface area (Å²) >= 11 is 0. The maximum absolute atomic E-state index is 2.55. The third-order valence-corrected chi connectivity index (χ3v) is 17.8. The molecule has 0 aromatic heterocycles. The molecule has 10 aromatic rings. The van der Waals surface area contributed by atoms with Crippen molar-refractivity contribution in [2.75, 3.05) is 9.80 Å². The molecule has 10 rings (SSSR count). The number of aryl methyl sites for hydroxylation is 4. The summed E-state index contributed by atoms with van der Waals surface area (Å²) in [5.74, 6) is 0. The lowest BCUT2D eigenvalue weighted by atomic mass is 9.91. The molecule has 0 bridgehead atoms. The number of para-hydroxylation sites is 2. The maximum Gasteiger partial charge on any atom is 0.0784 e. The molecule has 0 fully saturated rings. The largest absolute Gasteiger partial charge is 0.309 e. The minimum Gasteiger partial charge on any atom is -0.309 e. The highest BCUT2D eigenvalue weighted by atomic mass is 28.3. The standard InChI is InChI=1S/C62H60N2Si2/c1-41-21-17-19-27-53(41)63(57-39-51(45-23-13-11-14-24-45)59(37-43(57)3)65(5,6)7)55-35-31-47-30-34-50-56(36-32-48-29-33-49(55)61(47)62(48)50)64(54-28-20-18-22-42(54)2)58-40-52(46-25-15-12-16-26-46)60(38-44(58)4)66(8,9)10/h11-40H,1-10H3. The molecule has 0 N–H and O–H groups in total. The van der Waals surface area contributed by atoms with E-state index in [-0.39, 0.29) is 0 Å². The lowest BCUT2D eigenvalue weighted by Gasteiger charge is -2.33. The number of benzene rings is 10. The molecule has 0 aliphatic carbocycles. The van der Waals surface area contributed by atoms with Gasteiger partial charge in [0.1, 0.15) is 0 Å². The molecule has 0 radical (unpaired) electrons. The van der Waals surface area contributed by atoms with E-state index in [1.165, 1.54) is 121 Å². The van der Waals surface area contributed by atoms with Gasteiger partial charge in [0.2, 0.25) is 0 Å². The van der Waals surface area contributed by atoms with Crippen molar-refractivity contribution >= 4 is 93.0 Å². The highest BCUT2D eigenvalue weighted by Gasteiger charge is 2.29. The van der Waals surface area contributed by atoms with Gasteiger partial charge in [-0.3, -0.25) is 0 Å². The number of rotatable bonds is 10. The summed E-state index contributed by atoms with van der Waals surface area (Å²) in [5, 5.41) is 10.5. The molecule has 4 heteroatoms. The number of hydrogen-bond donors (Lipinski definition) is 0. The van der Waals surface area contributed by atoms with E-state index in [2.05, 4.69) is 259 Å². The SMILES string of the molecule is Cc1ccccc1N(c1cc(-c2ccccc2)c([Si](C)(C)C)cc1C)c1ccc2ccc3c(N(c4ccccc4C)c4cc(-c5ccccc5)c([Si](C)(C)C)cc4C)ccc4ccc1c2c43. The van der Waals surface area contributed by atoms with Crippen molar-refractivity contribution < 1.29 is 0 Å². The predicted molar refractivity (Wildman–Crippen MR) is 295 cm³/mol. The molecule has 10 aromatic carbocycles. The van der Waals surface area contributed by atoms with Gasteiger partial charge in [-0.05, 0) is 130 Å². The third kappa shape index (κ3) is 7.52. The van der Waals surface area contributed by atoms with E-state index < -0.39 is 16.1 Å². The van der Waals surface area contributed by atoms with Crippen LogP contribution in [0.3, 0.4) is 0 Å². The quantitative estimate of drug-likeness (QED) is 0.0997. The lowest BCUT2D eigenvalue weighted by Crippen LogP contribution is -2.39. The van der Waals surface area contributed by atoms with Crippen LogP contribution in [0.2, 0.25) is 39.3 Å². The summed E-state index contributed by atoms with van der Waals surface area (Å²) in [6.45, 7) is 23.9. The van der Waals surface area contributed by atoms with E-state index in [9.17, 15) is 0 Å². The Balaban J connectivity index is 1.25. The molecule has 0 unspecified atom stereocenters. The molecule has 0 saturated carbocycles. The maximum atomic E-state index is 2.55. The lowest BCUT2D eigenvalue weighted by molar-refractivity contribution is 1.24. The Bertz CT molecular complexity index is 3200. The van der Waals surface area contributed by atoms with Gasteiger partial charge in [-0.15, -0.1) is 0 Å². The monoisotopic (exact) mass is 888 g/mol. The van der Waals surface area contributed by atoms with Crippen LogP contribution >= 0.6 is 0 Å². The molecule has 0 aliphatic rings. The topological polar surface area (TPSA) is 6.48 Å². The van der Waals surface area contributed by atoms with Crippen molar-refractivity contribution in [1.82, 2.24) is 0 Å². The molecule has 0 atom stereocenters. The zero-order valence-electron chi connectivity index (χ0n) is 40.2. The van der Waals surface area contributed by atoms with Crippen LogP contribution in [0.1, 0.15) is 22.3 Å².